The molecule has 1 fully saturated rings. The molecule has 1 aliphatic rings. The average Bonchev–Trinajstić information content (AvgIpc) is 3.10. The summed E-state index contributed by atoms with van der Waals surface area (Å²) in [4.78, 5) is 30.4. The van der Waals surface area contributed by atoms with E-state index in [9.17, 15) is 9.59 Å². The molecule has 27 heavy (non-hydrogen) atoms. The van der Waals surface area contributed by atoms with Gasteiger partial charge in [0, 0.05) is 10.9 Å². The second-order valence-corrected chi connectivity index (χ2v) is 8.11. The van der Waals surface area contributed by atoms with Crippen molar-refractivity contribution >= 4 is 27.5 Å². The topological polar surface area (TPSA) is 61.2 Å². The van der Waals surface area contributed by atoms with E-state index in [4.69, 9.17) is 4.74 Å². The molecule has 0 bridgehead atoms. The summed E-state index contributed by atoms with van der Waals surface area (Å²) in [6, 6.07) is 9.76. The number of hydrogen-bond donors (Lipinski definition) is 0. The number of rotatable bonds is 4. The first-order valence-electron chi connectivity index (χ1n) is 9.33. The Kier molecular flexibility index (Phi) is 5.07. The highest BCUT2D eigenvalue weighted by molar-refractivity contribution is 7.17. The molecule has 5 nitrogen and oxygen atoms in total. The number of fused-ring (bicyclic) bond motifs is 1. The Morgan fingerprint density at radius 1 is 1.30 bits per heavy atom. The van der Waals surface area contributed by atoms with E-state index >= 15 is 0 Å². The van der Waals surface area contributed by atoms with Crippen LogP contribution in [0.5, 0.6) is 0 Å². The summed E-state index contributed by atoms with van der Waals surface area (Å²) in [5, 5.41) is 2.51. The Labute approximate surface area is 161 Å². The Bertz CT molecular complexity index is 1010. The van der Waals surface area contributed by atoms with E-state index in [1.165, 1.54) is 28.7 Å². The maximum atomic E-state index is 13.0. The van der Waals surface area contributed by atoms with Crippen molar-refractivity contribution in [3.63, 3.8) is 0 Å². The average molecular weight is 382 g/mol. The van der Waals surface area contributed by atoms with Gasteiger partial charge in [0.1, 0.15) is 17.5 Å². The van der Waals surface area contributed by atoms with Crippen molar-refractivity contribution in [3.8, 4) is 11.1 Å². The third kappa shape index (κ3) is 3.81. The second-order valence-electron chi connectivity index (χ2n) is 7.26. The van der Waals surface area contributed by atoms with E-state index in [1.807, 2.05) is 35.7 Å². The van der Waals surface area contributed by atoms with Crippen LogP contribution in [0.2, 0.25) is 0 Å². The van der Waals surface area contributed by atoms with Crippen LogP contribution in [0.1, 0.15) is 32.6 Å². The van der Waals surface area contributed by atoms with Gasteiger partial charge in [0.05, 0.1) is 11.7 Å². The summed E-state index contributed by atoms with van der Waals surface area (Å²) in [6.07, 6.45) is 5.50. The van der Waals surface area contributed by atoms with Gasteiger partial charge in [-0.3, -0.25) is 14.2 Å². The maximum Gasteiger partial charge on any atom is 0.326 e. The SMILES string of the molecule is C[C@@H]1CCC[C@@H](OC(=O)Cn2cnc3scc(-c4ccccc4)c3c2=O)C1. The number of carbonyl (C=O) groups is 1. The number of aromatic nitrogens is 2. The first kappa shape index (κ1) is 17.9. The standard InChI is InChI=1S/C21H22N2O3S/c1-14-6-5-9-16(10-14)26-18(24)11-23-13-22-20-19(21(23)25)17(12-27-20)15-7-3-2-4-8-15/h2-4,7-8,12-14,16H,5-6,9-11H2,1H3/t14-,16-/m1/s1. The lowest BCUT2D eigenvalue weighted by Crippen LogP contribution is -2.30. The van der Waals surface area contributed by atoms with Gasteiger partial charge in [-0.05, 0) is 30.7 Å². The van der Waals surface area contributed by atoms with Gasteiger partial charge in [-0.25, -0.2) is 4.98 Å². The number of ether oxygens (including phenoxy) is 1. The molecule has 2 aromatic heterocycles. The van der Waals surface area contributed by atoms with Crippen molar-refractivity contribution in [2.75, 3.05) is 0 Å². The van der Waals surface area contributed by atoms with Crippen LogP contribution in [-0.4, -0.2) is 21.6 Å². The van der Waals surface area contributed by atoms with E-state index in [0.29, 0.717) is 16.1 Å². The summed E-state index contributed by atoms with van der Waals surface area (Å²) < 4.78 is 6.96. The normalized spacial score (nSPS) is 19.9. The number of thiophene rings is 1. The molecule has 6 heteroatoms. The molecule has 3 aromatic rings. The molecule has 2 heterocycles. The molecule has 140 valence electrons. The molecule has 2 atom stereocenters. The quantitative estimate of drug-likeness (QED) is 0.633. The number of benzene rings is 1. The minimum atomic E-state index is -0.367. The zero-order valence-corrected chi connectivity index (χ0v) is 16.1. The van der Waals surface area contributed by atoms with Gasteiger partial charge in [0.25, 0.3) is 5.56 Å². The van der Waals surface area contributed by atoms with E-state index in [2.05, 4.69) is 11.9 Å². The minimum absolute atomic E-state index is 0.0327. The highest BCUT2D eigenvalue weighted by Gasteiger charge is 2.23. The van der Waals surface area contributed by atoms with Gasteiger partial charge < -0.3 is 4.74 Å². The minimum Gasteiger partial charge on any atom is -0.461 e. The lowest BCUT2D eigenvalue weighted by Gasteiger charge is -2.26. The van der Waals surface area contributed by atoms with Crippen LogP contribution in [-0.2, 0) is 16.1 Å². The van der Waals surface area contributed by atoms with Crippen LogP contribution in [0, 0.1) is 5.92 Å². The largest absolute Gasteiger partial charge is 0.461 e. The molecule has 0 unspecified atom stereocenters. The zero-order valence-electron chi connectivity index (χ0n) is 15.3. The van der Waals surface area contributed by atoms with Gasteiger partial charge >= 0.3 is 5.97 Å². The fourth-order valence-electron chi connectivity index (χ4n) is 3.76. The third-order valence-corrected chi connectivity index (χ3v) is 6.02. The molecule has 0 radical (unpaired) electrons. The van der Waals surface area contributed by atoms with Crippen LogP contribution < -0.4 is 5.56 Å². The van der Waals surface area contributed by atoms with Crippen molar-refractivity contribution in [2.24, 2.45) is 5.92 Å². The highest BCUT2D eigenvalue weighted by atomic mass is 32.1. The van der Waals surface area contributed by atoms with E-state index in [-0.39, 0.29) is 24.2 Å². The monoisotopic (exact) mass is 382 g/mol. The Hall–Kier alpha value is -2.47. The molecule has 1 saturated carbocycles. The molecule has 1 aliphatic carbocycles. The van der Waals surface area contributed by atoms with Gasteiger partial charge in [0.15, 0.2) is 0 Å². The predicted molar refractivity (Wildman–Crippen MR) is 107 cm³/mol. The molecular weight excluding hydrogens is 360 g/mol. The lowest BCUT2D eigenvalue weighted by molar-refractivity contribution is -0.152. The summed E-state index contributed by atoms with van der Waals surface area (Å²) in [7, 11) is 0. The molecule has 4 rings (SSSR count). The zero-order chi connectivity index (χ0) is 18.8. The molecule has 1 aromatic carbocycles. The summed E-state index contributed by atoms with van der Waals surface area (Å²) in [6.45, 7) is 2.08. The van der Waals surface area contributed by atoms with Gasteiger partial charge in [-0.15, -0.1) is 11.3 Å². The smallest absolute Gasteiger partial charge is 0.326 e. The van der Waals surface area contributed by atoms with Crippen molar-refractivity contribution in [2.45, 2.75) is 45.3 Å². The first-order valence-corrected chi connectivity index (χ1v) is 10.2. The maximum absolute atomic E-state index is 13.0. The fraction of sp³-hybridized carbons (Fsp3) is 0.381. The molecule has 0 amide bonds. The number of esters is 1. The van der Waals surface area contributed by atoms with Crippen molar-refractivity contribution < 1.29 is 9.53 Å². The van der Waals surface area contributed by atoms with Crippen LogP contribution in [0.3, 0.4) is 0 Å². The van der Waals surface area contributed by atoms with Crippen molar-refractivity contribution in [1.29, 1.82) is 0 Å². The second kappa shape index (κ2) is 7.64. The van der Waals surface area contributed by atoms with Crippen molar-refractivity contribution in [1.82, 2.24) is 9.55 Å². The lowest BCUT2D eigenvalue weighted by atomic mass is 9.89. The van der Waals surface area contributed by atoms with Crippen LogP contribution in [0.4, 0.5) is 0 Å². The fourth-order valence-corrected chi connectivity index (χ4v) is 4.66. The number of hydrogen-bond acceptors (Lipinski definition) is 5. The summed E-state index contributed by atoms with van der Waals surface area (Å²) >= 11 is 1.44. The Balaban J connectivity index is 1.58. The third-order valence-electron chi connectivity index (χ3n) is 5.13. The van der Waals surface area contributed by atoms with Crippen LogP contribution in [0.15, 0.2) is 46.8 Å². The van der Waals surface area contributed by atoms with Crippen molar-refractivity contribution in [3.05, 3.63) is 52.4 Å². The summed E-state index contributed by atoms with van der Waals surface area (Å²) in [5.41, 5.74) is 1.63. The molecule has 0 N–H and O–H groups in total. The van der Waals surface area contributed by atoms with E-state index in [0.717, 1.165) is 30.4 Å². The van der Waals surface area contributed by atoms with Crippen LogP contribution in [0.25, 0.3) is 21.3 Å². The van der Waals surface area contributed by atoms with Gasteiger partial charge in [0.2, 0.25) is 0 Å². The van der Waals surface area contributed by atoms with Gasteiger partial charge in [-0.2, -0.15) is 0 Å². The Morgan fingerprint density at radius 2 is 2.11 bits per heavy atom. The molecule has 0 aliphatic heterocycles. The van der Waals surface area contributed by atoms with Crippen LogP contribution >= 0.6 is 11.3 Å². The summed E-state index contributed by atoms with van der Waals surface area (Å²) in [5.74, 6) is 0.213. The number of carbonyl (C=O) groups excluding carboxylic acids is 1. The molecule has 0 spiro atoms. The first-order chi connectivity index (χ1) is 13.1. The van der Waals surface area contributed by atoms with Gasteiger partial charge in [-0.1, -0.05) is 43.7 Å². The molecule has 0 saturated heterocycles. The highest BCUT2D eigenvalue weighted by Crippen LogP contribution is 2.30. The van der Waals surface area contributed by atoms with E-state index < -0.39 is 0 Å². The predicted octanol–water partition coefficient (Wildman–Crippen LogP) is 4.25. The molecular formula is C21H22N2O3S. The number of nitrogens with zero attached hydrogens (tertiary/aromatic N) is 2. The van der Waals surface area contributed by atoms with E-state index in [1.54, 1.807) is 0 Å². The Morgan fingerprint density at radius 3 is 2.89 bits per heavy atom.